The molecule has 0 spiro atoms. The Kier molecular flexibility index (Phi) is 6.18. The molecule has 0 atom stereocenters. The summed E-state index contributed by atoms with van der Waals surface area (Å²) in [5.41, 5.74) is 2.84. The molecule has 0 aliphatic heterocycles. The lowest BCUT2D eigenvalue weighted by atomic mass is 10.1. The zero-order valence-electron chi connectivity index (χ0n) is 18.2. The molecular formula is C22H27ClN8. The number of hydrogen-bond acceptors (Lipinski definition) is 5. The van der Waals surface area contributed by atoms with Gasteiger partial charge < -0.3 is 4.57 Å². The number of rotatable bonds is 8. The normalized spacial score (nSPS) is 11.7. The molecule has 0 amide bonds. The zero-order chi connectivity index (χ0) is 22.0. The van der Waals surface area contributed by atoms with Gasteiger partial charge in [0.25, 0.3) is 0 Å². The minimum Gasteiger partial charge on any atom is -0.312 e. The van der Waals surface area contributed by atoms with Gasteiger partial charge in [-0.1, -0.05) is 51.4 Å². The van der Waals surface area contributed by atoms with Crippen molar-refractivity contribution in [3.63, 3.8) is 0 Å². The summed E-state index contributed by atoms with van der Waals surface area (Å²) in [6.07, 6.45) is 3.71. The fourth-order valence-corrected chi connectivity index (χ4v) is 3.79. The van der Waals surface area contributed by atoms with E-state index < -0.39 is 0 Å². The third-order valence-electron chi connectivity index (χ3n) is 4.91. The monoisotopic (exact) mass is 438 g/mol. The Balaban J connectivity index is 1.58. The highest BCUT2D eigenvalue weighted by Crippen LogP contribution is 2.29. The van der Waals surface area contributed by atoms with Crippen LogP contribution in [0, 0.1) is 11.8 Å². The Morgan fingerprint density at radius 3 is 2.39 bits per heavy atom. The fourth-order valence-electron chi connectivity index (χ4n) is 3.56. The molecule has 1 aromatic carbocycles. The van der Waals surface area contributed by atoms with Crippen LogP contribution in [-0.4, -0.2) is 40.0 Å². The molecule has 3 heterocycles. The van der Waals surface area contributed by atoms with Crippen LogP contribution in [0.3, 0.4) is 0 Å². The van der Waals surface area contributed by atoms with Crippen LogP contribution in [0.1, 0.15) is 44.9 Å². The van der Waals surface area contributed by atoms with Gasteiger partial charge in [-0.2, -0.15) is 10.3 Å². The van der Waals surface area contributed by atoms with E-state index in [9.17, 15) is 0 Å². The largest absolute Gasteiger partial charge is 0.312 e. The molecule has 1 N–H and O–H groups in total. The molecule has 8 nitrogen and oxygen atoms in total. The summed E-state index contributed by atoms with van der Waals surface area (Å²) < 4.78 is 4.00. The van der Waals surface area contributed by atoms with E-state index in [4.69, 9.17) is 21.7 Å². The van der Waals surface area contributed by atoms with E-state index >= 15 is 0 Å². The van der Waals surface area contributed by atoms with Crippen molar-refractivity contribution in [2.24, 2.45) is 11.8 Å². The van der Waals surface area contributed by atoms with Gasteiger partial charge >= 0.3 is 0 Å². The van der Waals surface area contributed by atoms with E-state index in [-0.39, 0.29) is 0 Å². The van der Waals surface area contributed by atoms with E-state index in [2.05, 4.69) is 72.6 Å². The molecule has 0 radical (unpaired) electrons. The maximum atomic E-state index is 6.36. The zero-order valence-corrected chi connectivity index (χ0v) is 19.0. The molecule has 0 saturated carbocycles. The summed E-state index contributed by atoms with van der Waals surface area (Å²) in [7, 11) is 0. The molecule has 31 heavy (non-hydrogen) atoms. The smallest absolute Gasteiger partial charge is 0.222 e. The Morgan fingerprint density at radius 1 is 1.00 bits per heavy atom. The molecular weight excluding hydrogens is 412 g/mol. The lowest BCUT2D eigenvalue weighted by Crippen LogP contribution is -2.09. The first-order chi connectivity index (χ1) is 14.9. The van der Waals surface area contributed by atoms with Crippen LogP contribution in [0.4, 0.5) is 0 Å². The highest BCUT2D eigenvalue weighted by Gasteiger charge is 2.16. The number of nitrogens with one attached hydrogen (secondary N) is 1. The number of aromatic amines is 1. The maximum absolute atomic E-state index is 6.36. The van der Waals surface area contributed by atoms with Crippen LogP contribution in [0.15, 0.2) is 36.5 Å². The van der Waals surface area contributed by atoms with E-state index in [0.717, 1.165) is 35.7 Å². The van der Waals surface area contributed by atoms with Gasteiger partial charge in [0.05, 0.1) is 11.6 Å². The number of hydrogen-bond donors (Lipinski definition) is 1. The van der Waals surface area contributed by atoms with Crippen LogP contribution in [0.5, 0.6) is 0 Å². The lowest BCUT2D eigenvalue weighted by Gasteiger charge is -2.10. The van der Waals surface area contributed by atoms with Crippen LogP contribution >= 0.6 is 11.6 Å². The first-order valence-corrected chi connectivity index (χ1v) is 10.9. The Bertz CT molecular complexity index is 1120. The van der Waals surface area contributed by atoms with Crippen molar-refractivity contribution in [1.29, 1.82) is 0 Å². The van der Waals surface area contributed by atoms with E-state index in [0.29, 0.717) is 34.9 Å². The molecule has 0 unspecified atom stereocenters. The highest BCUT2D eigenvalue weighted by atomic mass is 35.5. The van der Waals surface area contributed by atoms with Gasteiger partial charge in [0.15, 0.2) is 5.82 Å². The summed E-state index contributed by atoms with van der Waals surface area (Å²) in [6, 6.07) is 10.1. The summed E-state index contributed by atoms with van der Waals surface area (Å²) in [4.78, 5) is 4.80. The van der Waals surface area contributed by atoms with E-state index in [1.807, 2.05) is 21.5 Å². The standard InChI is InChI=1S/C22H27ClN8/c1-14(2)11-19-24-20(12-15(3)4)31(27-19)13-16-5-7-17(8-6-16)30-10-9-18(23)21(30)22-25-28-29-26-22/h5-10,14-15H,11-13H2,1-4H3,(H,25,26,28,29). The van der Waals surface area contributed by atoms with Crippen LogP contribution < -0.4 is 0 Å². The second-order valence-electron chi connectivity index (χ2n) is 8.58. The number of aromatic nitrogens is 8. The molecule has 0 aliphatic carbocycles. The summed E-state index contributed by atoms with van der Waals surface area (Å²) >= 11 is 6.36. The van der Waals surface area contributed by atoms with Crippen molar-refractivity contribution in [2.75, 3.05) is 0 Å². The molecule has 0 aliphatic rings. The predicted octanol–water partition coefficient (Wildman–Crippen LogP) is 4.35. The molecule has 0 bridgehead atoms. The van der Waals surface area contributed by atoms with Crippen LogP contribution in [0.25, 0.3) is 17.2 Å². The number of nitrogens with zero attached hydrogens (tertiary/aromatic N) is 7. The van der Waals surface area contributed by atoms with Crippen molar-refractivity contribution >= 4 is 11.6 Å². The van der Waals surface area contributed by atoms with Gasteiger partial charge in [0.2, 0.25) is 5.82 Å². The minimum absolute atomic E-state index is 0.456. The third-order valence-corrected chi connectivity index (χ3v) is 5.22. The first-order valence-electron chi connectivity index (χ1n) is 10.5. The lowest BCUT2D eigenvalue weighted by molar-refractivity contribution is 0.560. The van der Waals surface area contributed by atoms with Gasteiger partial charge in [0.1, 0.15) is 11.5 Å². The number of halogens is 1. The first kappa shape index (κ1) is 21.2. The molecule has 0 fully saturated rings. The molecule has 9 heteroatoms. The third kappa shape index (κ3) is 4.85. The van der Waals surface area contributed by atoms with Crippen LogP contribution in [-0.2, 0) is 19.4 Å². The number of benzene rings is 1. The Morgan fingerprint density at radius 2 is 1.74 bits per heavy atom. The Hall–Kier alpha value is -3.00. The number of H-pyrrole nitrogens is 1. The van der Waals surface area contributed by atoms with E-state index in [1.165, 1.54) is 0 Å². The minimum atomic E-state index is 0.456. The molecule has 4 aromatic rings. The van der Waals surface area contributed by atoms with Gasteiger partial charge in [-0.3, -0.25) is 0 Å². The second-order valence-corrected chi connectivity index (χ2v) is 8.99. The van der Waals surface area contributed by atoms with Crippen molar-refractivity contribution in [2.45, 2.75) is 47.1 Å². The summed E-state index contributed by atoms with van der Waals surface area (Å²) in [5, 5.41) is 19.6. The molecule has 162 valence electrons. The molecule has 0 saturated heterocycles. The van der Waals surface area contributed by atoms with Crippen molar-refractivity contribution in [3.8, 4) is 17.2 Å². The predicted molar refractivity (Wildman–Crippen MR) is 120 cm³/mol. The maximum Gasteiger partial charge on any atom is 0.222 e. The van der Waals surface area contributed by atoms with Crippen molar-refractivity contribution in [1.82, 2.24) is 40.0 Å². The topological polar surface area (TPSA) is 90.1 Å². The average molecular weight is 439 g/mol. The van der Waals surface area contributed by atoms with E-state index in [1.54, 1.807) is 0 Å². The SMILES string of the molecule is CC(C)Cc1nc(CC(C)C)n(Cc2ccc(-n3ccc(Cl)c3-c3nn[nH]n3)cc2)n1. The van der Waals surface area contributed by atoms with Gasteiger partial charge in [-0.25, -0.2) is 9.67 Å². The average Bonchev–Trinajstić information content (AvgIpc) is 3.43. The second kappa shape index (κ2) is 9.01. The Labute approximate surface area is 186 Å². The van der Waals surface area contributed by atoms with Gasteiger partial charge in [-0.15, -0.1) is 10.2 Å². The molecule has 4 rings (SSSR count). The van der Waals surface area contributed by atoms with Gasteiger partial charge in [0, 0.05) is 24.7 Å². The molecule has 3 aromatic heterocycles. The summed E-state index contributed by atoms with van der Waals surface area (Å²) in [5.74, 6) is 3.49. The van der Waals surface area contributed by atoms with Gasteiger partial charge in [-0.05, 0) is 40.8 Å². The van der Waals surface area contributed by atoms with Crippen LogP contribution in [0.2, 0.25) is 5.02 Å². The number of tetrazole rings is 1. The van der Waals surface area contributed by atoms with Crippen molar-refractivity contribution < 1.29 is 0 Å². The fraction of sp³-hybridized carbons (Fsp3) is 0.409. The highest BCUT2D eigenvalue weighted by molar-refractivity contribution is 6.33. The van der Waals surface area contributed by atoms with Crippen molar-refractivity contribution in [3.05, 3.63) is 58.8 Å². The quantitative estimate of drug-likeness (QED) is 0.441. The summed E-state index contributed by atoms with van der Waals surface area (Å²) in [6.45, 7) is 9.49.